The third-order valence-electron chi connectivity index (χ3n) is 6.76. The number of hydroxylamine groups is 1. The largest absolute Gasteiger partial charge is 0.478 e. The molecule has 1 saturated carbocycles. The van der Waals surface area contributed by atoms with Crippen LogP contribution in [0, 0.1) is 18.3 Å². The summed E-state index contributed by atoms with van der Waals surface area (Å²) in [5.74, 6) is -2.15. The Kier molecular flexibility index (Phi) is 5.38. The maximum atomic E-state index is 13.2. The molecule has 2 unspecified atom stereocenters. The van der Waals surface area contributed by atoms with Crippen molar-refractivity contribution in [1.82, 2.24) is 15.7 Å². The van der Waals surface area contributed by atoms with Gasteiger partial charge in [-0.2, -0.15) is 0 Å². The van der Waals surface area contributed by atoms with Crippen molar-refractivity contribution in [2.24, 2.45) is 11.3 Å². The third-order valence-corrected chi connectivity index (χ3v) is 6.76. The summed E-state index contributed by atoms with van der Waals surface area (Å²) in [6.45, 7) is 3.58. The van der Waals surface area contributed by atoms with Crippen molar-refractivity contribution in [1.29, 1.82) is 0 Å². The molecule has 2 fully saturated rings. The summed E-state index contributed by atoms with van der Waals surface area (Å²) in [5.41, 5.74) is 5.07. The summed E-state index contributed by atoms with van der Waals surface area (Å²) in [7, 11) is 0. The van der Waals surface area contributed by atoms with Crippen LogP contribution in [0.4, 0.5) is 0 Å². The van der Waals surface area contributed by atoms with E-state index in [-0.39, 0.29) is 16.9 Å². The first-order valence-corrected chi connectivity index (χ1v) is 10.3. The lowest BCUT2D eigenvalue weighted by Crippen LogP contribution is -2.59. The first kappa shape index (κ1) is 20.6. The smallest absolute Gasteiger partial charge is 0.335 e. The Morgan fingerprint density at radius 1 is 1.27 bits per heavy atom. The average Bonchev–Trinajstić information content (AvgIpc) is 3.51. The number of amides is 2. The van der Waals surface area contributed by atoms with Crippen molar-refractivity contribution < 1.29 is 24.7 Å². The van der Waals surface area contributed by atoms with Crippen molar-refractivity contribution in [2.45, 2.75) is 38.6 Å². The van der Waals surface area contributed by atoms with Crippen LogP contribution in [0.1, 0.15) is 47.2 Å². The molecule has 8 nitrogen and oxygen atoms in total. The van der Waals surface area contributed by atoms with E-state index in [0.717, 1.165) is 36.1 Å². The maximum absolute atomic E-state index is 13.2. The number of aryl methyl sites for hydroxylation is 1. The van der Waals surface area contributed by atoms with Gasteiger partial charge < -0.3 is 15.3 Å². The first-order chi connectivity index (χ1) is 14.3. The van der Waals surface area contributed by atoms with Gasteiger partial charge in [0.1, 0.15) is 0 Å². The average molecular weight is 413 g/mol. The topological polar surface area (TPSA) is 119 Å². The summed E-state index contributed by atoms with van der Waals surface area (Å²) in [5, 5.41) is 21.5. The van der Waals surface area contributed by atoms with Gasteiger partial charge >= 0.3 is 5.97 Å². The number of carbonyl (C=O) groups excluding carboxylic acids is 2. The van der Waals surface area contributed by atoms with E-state index < -0.39 is 23.8 Å². The molecule has 0 radical (unpaired) electrons. The van der Waals surface area contributed by atoms with Crippen molar-refractivity contribution in [3.63, 3.8) is 0 Å². The van der Waals surface area contributed by atoms with Crippen molar-refractivity contribution >= 4 is 23.4 Å². The molecule has 2 heterocycles. The number of carboxylic acids is 1. The minimum atomic E-state index is -0.950. The summed E-state index contributed by atoms with van der Waals surface area (Å²) < 4.78 is 0. The van der Waals surface area contributed by atoms with Crippen molar-refractivity contribution in [3.05, 3.63) is 41.0 Å². The molecule has 30 heavy (non-hydrogen) atoms. The normalized spacial score (nSPS) is 24.9. The SMILES string of the molecule is Cc1cc(C(=O)O)ccc1C1=CCN(C(=O)C2NCC3(CC3)CC2C(=O)NO)CC1. The van der Waals surface area contributed by atoms with Crippen molar-refractivity contribution in [2.75, 3.05) is 19.6 Å². The van der Waals surface area contributed by atoms with Crippen LogP contribution in [-0.2, 0) is 9.59 Å². The summed E-state index contributed by atoms with van der Waals surface area (Å²) in [4.78, 5) is 38.2. The number of nitrogens with zero attached hydrogens (tertiary/aromatic N) is 1. The predicted molar refractivity (Wildman–Crippen MR) is 109 cm³/mol. The molecule has 1 aromatic rings. The van der Waals surface area contributed by atoms with Crippen LogP contribution in [0.3, 0.4) is 0 Å². The van der Waals surface area contributed by atoms with E-state index in [0.29, 0.717) is 25.9 Å². The minimum Gasteiger partial charge on any atom is -0.478 e. The van der Waals surface area contributed by atoms with E-state index in [1.54, 1.807) is 22.5 Å². The van der Waals surface area contributed by atoms with Gasteiger partial charge in [0.15, 0.2) is 0 Å². The summed E-state index contributed by atoms with van der Waals surface area (Å²) in [6.07, 6.45) is 5.37. The lowest BCUT2D eigenvalue weighted by Gasteiger charge is -2.38. The third kappa shape index (κ3) is 3.85. The molecule has 1 spiro atoms. The Morgan fingerprint density at radius 3 is 2.60 bits per heavy atom. The van der Waals surface area contributed by atoms with E-state index in [1.165, 1.54) is 0 Å². The monoisotopic (exact) mass is 413 g/mol. The second-order valence-electron chi connectivity index (χ2n) is 8.74. The molecule has 1 aromatic carbocycles. The zero-order chi connectivity index (χ0) is 21.5. The van der Waals surface area contributed by atoms with Crippen LogP contribution in [0.15, 0.2) is 24.3 Å². The van der Waals surface area contributed by atoms with Gasteiger partial charge in [-0.05, 0) is 66.9 Å². The molecular weight excluding hydrogens is 386 g/mol. The second-order valence-corrected chi connectivity index (χ2v) is 8.74. The Morgan fingerprint density at radius 2 is 2.03 bits per heavy atom. The zero-order valence-corrected chi connectivity index (χ0v) is 17.0. The van der Waals surface area contributed by atoms with Gasteiger partial charge in [-0.25, -0.2) is 10.3 Å². The lowest BCUT2D eigenvalue weighted by atomic mass is 9.81. The molecule has 1 aliphatic carbocycles. The molecule has 3 aliphatic rings. The zero-order valence-electron chi connectivity index (χ0n) is 17.0. The van der Waals surface area contributed by atoms with Crippen LogP contribution >= 0.6 is 0 Å². The number of carbonyl (C=O) groups is 3. The van der Waals surface area contributed by atoms with E-state index in [4.69, 9.17) is 10.3 Å². The van der Waals surface area contributed by atoms with Gasteiger partial charge in [0.25, 0.3) is 0 Å². The predicted octanol–water partition coefficient (Wildman–Crippen LogP) is 1.57. The fraction of sp³-hybridized carbons (Fsp3) is 0.500. The molecule has 0 aromatic heterocycles. The van der Waals surface area contributed by atoms with Gasteiger partial charge in [-0.1, -0.05) is 12.1 Å². The molecule has 4 rings (SSSR count). The molecule has 4 N–H and O–H groups in total. The number of aromatic carboxylic acids is 1. The molecule has 2 atom stereocenters. The number of hydrogen-bond donors (Lipinski definition) is 4. The van der Waals surface area contributed by atoms with Gasteiger partial charge in [0, 0.05) is 19.6 Å². The Hall–Kier alpha value is -2.71. The van der Waals surface area contributed by atoms with Gasteiger partial charge in [0.2, 0.25) is 11.8 Å². The number of hydrogen-bond acceptors (Lipinski definition) is 5. The van der Waals surface area contributed by atoms with Crippen molar-refractivity contribution in [3.8, 4) is 0 Å². The number of benzene rings is 1. The number of nitrogens with one attached hydrogen (secondary N) is 2. The highest BCUT2D eigenvalue weighted by Gasteiger charge is 2.52. The highest BCUT2D eigenvalue weighted by atomic mass is 16.5. The standard InChI is InChI=1S/C22H27N3O5/c1-13-10-15(21(28)29)2-3-16(13)14-4-8-25(9-5-14)20(27)18-17(19(26)24-30)11-22(6-7-22)12-23-18/h2-4,10,17-18,23,30H,5-9,11-12H2,1H3,(H,24,26)(H,28,29). The second kappa shape index (κ2) is 7.85. The highest BCUT2D eigenvalue weighted by Crippen LogP contribution is 2.52. The molecule has 160 valence electrons. The van der Waals surface area contributed by atoms with Crippen LogP contribution in [-0.4, -0.2) is 58.7 Å². The fourth-order valence-corrected chi connectivity index (χ4v) is 4.74. The lowest BCUT2D eigenvalue weighted by molar-refractivity contribution is -0.144. The van der Waals surface area contributed by atoms with E-state index >= 15 is 0 Å². The van der Waals surface area contributed by atoms with Gasteiger partial charge in [-0.3, -0.25) is 14.8 Å². The van der Waals surface area contributed by atoms with E-state index in [9.17, 15) is 14.4 Å². The quantitative estimate of drug-likeness (QED) is 0.440. The van der Waals surface area contributed by atoms with Crippen LogP contribution in [0.25, 0.3) is 5.57 Å². The molecular formula is C22H27N3O5. The van der Waals surface area contributed by atoms with Crippen LogP contribution in [0.5, 0.6) is 0 Å². The Balaban J connectivity index is 1.46. The number of piperidine rings is 1. The highest BCUT2D eigenvalue weighted by molar-refractivity contribution is 5.91. The first-order valence-electron chi connectivity index (χ1n) is 10.3. The number of rotatable bonds is 4. The molecule has 8 heteroatoms. The van der Waals surface area contributed by atoms with E-state index in [1.807, 2.05) is 19.1 Å². The number of carboxylic acid groups (broad SMARTS) is 1. The Bertz CT molecular complexity index is 921. The summed E-state index contributed by atoms with van der Waals surface area (Å²) >= 11 is 0. The fourth-order valence-electron chi connectivity index (χ4n) is 4.74. The maximum Gasteiger partial charge on any atom is 0.335 e. The molecule has 0 bridgehead atoms. The van der Waals surface area contributed by atoms with Gasteiger partial charge in [-0.15, -0.1) is 0 Å². The minimum absolute atomic E-state index is 0.0998. The van der Waals surface area contributed by atoms with Gasteiger partial charge in [0.05, 0.1) is 17.5 Å². The van der Waals surface area contributed by atoms with Crippen LogP contribution < -0.4 is 10.8 Å². The van der Waals surface area contributed by atoms with Crippen LogP contribution in [0.2, 0.25) is 0 Å². The summed E-state index contributed by atoms with van der Waals surface area (Å²) in [6, 6.07) is 4.45. The molecule has 1 saturated heterocycles. The molecule has 2 amide bonds. The Labute approximate surface area is 174 Å². The molecule has 2 aliphatic heterocycles. The van der Waals surface area contributed by atoms with E-state index in [2.05, 4.69) is 5.32 Å².